The van der Waals surface area contributed by atoms with E-state index >= 15 is 0 Å². The molecule has 0 fully saturated rings. The highest BCUT2D eigenvalue weighted by Gasteiger charge is 2.16. The standard InChI is InChI=1S/C19H32N4S2/c1-7-22(8-2)18-21-17(13-25-18)15(6)10-11-23(9-3)19-20-16(12-24-19)14(4)5/h12-15H,7-11H2,1-6H3. The molecule has 2 rings (SSSR count). The summed E-state index contributed by atoms with van der Waals surface area (Å²) < 4.78 is 0. The van der Waals surface area contributed by atoms with Crippen LogP contribution in [0.5, 0.6) is 0 Å². The van der Waals surface area contributed by atoms with Crippen LogP contribution < -0.4 is 9.80 Å². The minimum atomic E-state index is 0.471. The van der Waals surface area contributed by atoms with Crippen molar-refractivity contribution in [2.24, 2.45) is 0 Å². The van der Waals surface area contributed by atoms with Crippen LogP contribution in [0.1, 0.15) is 71.2 Å². The molecule has 0 aromatic carbocycles. The normalized spacial score (nSPS) is 12.6. The van der Waals surface area contributed by atoms with Crippen molar-refractivity contribution in [1.29, 1.82) is 0 Å². The molecule has 0 aliphatic carbocycles. The van der Waals surface area contributed by atoms with Gasteiger partial charge in [-0.3, -0.25) is 0 Å². The van der Waals surface area contributed by atoms with Crippen molar-refractivity contribution in [3.63, 3.8) is 0 Å². The van der Waals surface area contributed by atoms with E-state index in [4.69, 9.17) is 9.97 Å². The molecule has 0 aliphatic rings. The van der Waals surface area contributed by atoms with Gasteiger partial charge in [0.1, 0.15) is 0 Å². The van der Waals surface area contributed by atoms with Gasteiger partial charge < -0.3 is 9.80 Å². The summed E-state index contributed by atoms with van der Waals surface area (Å²) in [6.45, 7) is 17.3. The van der Waals surface area contributed by atoms with Crippen molar-refractivity contribution >= 4 is 32.9 Å². The highest BCUT2D eigenvalue weighted by Crippen LogP contribution is 2.29. The largest absolute Gasteiger partial charge is 0.349 e. The second-order valence-electron chi connectivity index (χ2n) is 6.71. The lowest BCUT2D eigenvalue weighted by atomic mass is 10.1. The van der Waals surface area contributed by atoms with Gasteiger partial charge in [0.05, 0.1) is 11.4 Å². The molecule has 1 atom stereocenters. The molecule has 2 aromatic rings. The Kier molecular flexibility index (Phi) is 7.69. The van der Waals surface area contributed by atoms with E-state index < -0.39 is 0 Å². The fourth-order valence-corrected chi connectivity index (χ4v) is 4.87. The van der Waals surface area contributed by atoms with E-state index in [0.717, 1.165) is 42.9 Å². The van der Waals surface area contributed by atoms with Crippen LogP contribution in [0.2, 0.25) is 0 Å². The van der Waals surface area contributed by atoms with Gasteiger partial charge >= 0.3 is 0 Å². The molecule has 6 heteroatoms. The molecule has 0 bridgehead atoms. The summed E-state index contributed by atoms with van der Waals surface area (Å²) in [6.07, 6.45) is 1.10. The van der Waals surface area contributed by atoms with Crippen LogP contribution in [0, 0.1) is 0 Å². The molecule has 0 saturated carbocycles. The molecular weight excluding hydrogens is 348 g/mol. The number of thiazole rings is 2. The number of hydrogen-bond donors (Lipinski definition) is 0. The Hall–Kier alpha value is -1.14. The van der Waals surface area contributed by atoms with Gasteiger partial charge in [-0.05, 0) is 33.1 Å². The molecule has 0 saturated heterocycles. The summed E-state index contributed by atoms with van der Waals surface area (Å²) in [4.78, 5) is 14.4. The SMILES string of the molecule is CCN(CCC(C)c1csc(N(CC)CC)n1)c1nc(C(C)C)cs1. The summed E-state index contributed by atoms with van der Waals surface area (Å²) >= 11 is 3.54. The molecule has 0 spiro atoms. The van der Waals surface area contributed by atoms with E-state index in [2.05, 4.69) is 62.1 Å². The molecule has 2 heterocycles. The van der Waals surface area contributed by atoms with Crippen molar-refractivity contribution < 1.29 is 0 Å². The quantitative estimate of drug-likeness (QED) is 0.538. The maximum atomic E-state index is 4.87. The molecule has 0 N–H and O–H groups in total. The van der Waals surface area contributed by atoms with Gasteiger partial charge in [-0.1, -0.05) is 20.8 Å². The third kappa shape index (κ3) is 5.17. The summed E-state index contributed by atoms with van der Waals surface area (Å²) in [6, 6.07) is 0. The van der Waals surface area contributed by atoms with E-state index in [-0.39, 0.29) is 0 Å². The third-order valence-corrected chi connectivity index (χ3v) is 6.47. The third-order valence-electron chi connectivity index (χ3n) is 4.63. The van der Waals surface area contributed by atoms with Crippen LogP contribution >= 0.6 is 22.7 Å². The highest BCUT2D eigenvalue weighted by atomic mass is 32.1. The van der Waals surface area contributed by atoms with Gasteiger partial charge in [0, 0.05) is 42.9 Å². The number of rotatable bonds is 10. The average molecular weight is 381 g/mol. The summed E-state index contributed by atoms with van der Waals surface area (Å²) in [5, 5.41) is 6.73. The Bertz CT molecular complexity index is 631. The first-order valence-corrected chi connectivity index (χ1v) is 11.2. The zero-order valence-electron chi connectivity index (χ0n) is 16.5. The molecule has 0 radical (unpaired) electrons. The molecule has 2 aromatic heterocycles. The maximum Gasteiger partial charge on any atom is 0.185 e. The van der Waals surface area contributed by atoms with E-state index in [1.54, 1.807) is 22.7 Å². The van der Waals surface area contributed by atoms with Gasteiger partial charge in [-0.15, -0.1) is 22.7 Å². The predicted molar refractivity (Wildman–Crippen MR) is 113 cm³/mol. The average Bonchev–Trinajstić information content (AvgIpc) is 3.26. The predicted octanol–water partition coefficient (Wildman–Crippen LogP) is 5.59. The summed E-state index contributed by atoms with van der Waals surface area (Å²) in [5.41, 5.74) is 2.43. The zero-order chi connectivity index (χ0) is 18.4. The molecule has 25 heavy (non-hydrogen) atoms. The molecular formula is C19H32N4S2. The van der Waals surface area contributed by atoms with Crippen molar-refractivity contribution in [2.75, 3.05) is 36.0 Å². The Morgan fingerprint density at radius 3 is 1.88 bits per heavy atom. The number of anilines is 2. The van der Waals surface area contributed by atoms with Gasteiger partial charge in [0.2, 0.25) is 0 Å². The lowest BCUT2D eigenvalue weighted by Gasteiger charge is -2.21. The Labute approximate surface area is 160 Å². The Morgan fingerprint density at radius 1 is 0.840 bits per heavy atom. The van der Waals surface area contributed by atoms with Crippen molar-refractivity contribution in [3.8, 4) is 0 Å². The number of nitrogens with zero attached hydrogens (tertiary/aromatic N) is 4. The van der Waals surface area contributed by atoms with Crippen LogP contribution in [0.3, 0.4) is 0 Å². The number of aromatic nitrogens is 2. The summed E-state index contributed by atoms with van der Waals surface area (Å²) in [7, 11) is 0. The van der Waals surface area contributed by atoms with Crippen molar-refractivity contribution in [3.05, 3.63) is 22.1 Å². The topological polar surface area (TPSA) is 32.3 Å². The molecule has 0 aliphatic heterocycles. The van der Waals surface area contributed by atoms with E-state index in [1.807, 2.05) is 0 Å². The smallest absolute Gasteiger partial charge is 0.185 e. The first-order chi connectivity index (χ1) is 12.0. The van der Waals surface area contributed by atoms with Gasteiger partial charge in [-0.2, -0.15) is 0 Å². The van der Waals surface area contributed by atoms with Crippen LogP contribution in [0.4, 0.5) is 10.3 Å². The minimum absolute atomic E-state index is 0.471. The lowest BCUT2D eigenvalue weighted by Crippen LogP contribution is -2.25. The first kappa shape index (κ1) is 20.2. The van der Waals surface area contributed by atoms with Gasteiger partial charge in [-0.25, -0.2) is 9.97 Å². The van der Waals surface area contributed by atoms with E-state index in [0.29, 0.717) is 11.8 Å². The Balaban J connectivity index is 1.96. The fourth-order valence-electron chi connectivity index (χ4n) is 2.71. The maximum absolute atomic E-state index is 4.87. The number of hydrogen-bond acceptors (Lipinski definition) is 6. The molecule has 4 nitrogen and oxygen atoms in total. The second-order valence-corrected chi connectivity index (χ2v) is 8.38. The van der Waals surface area contributed by atoms with E-state index in [1.165, 1.54) is 11.4 Å². The molecule has 140 valence electrons. The van der Waals surface area contributed by atoms with Crippen LogP contribution in [-0.4, -0.2) is 36.1 Å². The molecule has 1 unspecified atom stereocenters. The zero-order valence-corrected chi connectivity index (χ0v) is 18.1. The van der Waals surface area contributed by atoms with Crippen molar-refractivity contribution in [1.82, 2.24) is 9.97 Å². The van der Waals surface area contributed by atoms with E-state index in [9.17, 15) is 0 Å². The van der Waals surface area contributed by atoms with Crippen LogP contribution in [-0.2, 0) is 0 Å². The fraction of sp³-hybridized carbons (Fsp3) is 0.684. The van der Waals surface area contributed by atoms with Gasteiger partial charge in [0.15, 0.2) is 10.3 Å². The van der Waals surface area contributed by atoms with Crippen LogP contribution in [0.25, 0.3) is 0 Å². The highest BCUT2D eigenvalue weighted by molar-refractivity contribution is 7.14. The van der Waals surface area contributed by atoms with Crippen molar-refractivity contribution in [2.45, 2.75) is 59.8 Å². The molecule has 0 amide bonds. The van der Waals surface area contributed by atoms with Gasteiger partial charge in [0.25, 0.3) is 0 Å². The second kappa shape index (κ2) is 9.53. The first-order valence-electron chi connectivity index (χ1n) is 9.40. The Morgan fingerprint density at radius 2 is 1.36 bits per heavy atom. The minimum Gasteiger partial charge on any atom is -0.349 e. The lowest BCUT2D eigenvalue weighted by molar-refractivity contribution is 0.640. The summed E-state index contributed by atoms with van der Waals surface area (Å²) in [5.74, 6) is 0.968. The van der Waals surface area contributed by atoms with Crippen LogP contribution in [0.15, 0.2) is 10.8 Å². The monoisotopic (exact) mass is 380 g/mol.